The molecule has 2 nitrogen and oxygen atoms in total. The molecule has 2 heteroatoms. The summed E-state index contributed by atoms with van der Waals surface area (Å²) in [5, 5.41) is 0. The van der Waals surface area contributed by atoms with E-state index in [1.807, 2.05) is 0 Å². The summed E-state index contributed by atoms with van der Waals surface area (Å²) < 4.78 is 0. The van der Waals surface area contributed by atoms with E-state index in [1.54, 1.807) is 0 Å². The summed E-state index contributed by atoms with van der Waals surface area (Å²) in [7, 11) is 0. The Bertz CT molecular complexity index is 595. The van der Waals surface area contributed by atoms with Gasteiger partial charge in [-0.2, -0.15) is 0 Å². The number of aromatic nitrogens is 1. The lowest BCUT2D eigenvalue weighted by atomic mass is 10.0. The van der Waals surface area contributed by atoms with E-state index in [1.165, 1.54) is 45.1 Å². The second-order valence-corrected chi connectivity index (χ2v) is 5.39. The number of H-pyrrole nitrogens is 1. The Kier molecular flexibility index (Phi) is 3.79. The van der Waals surface area contributed by atoms with Crippen molar-refractivity contribution in [3.8, 4) is 0 Å². The van der Waals surface area contributed by atoms with Crippen molar-refractivity contribution < 1.29 is 4.99 Å². The van der Waals surface area contributed by atoms with Crippen molar-refractivity contribution in [1.82, 2.24) is 4.98 Å². The highest BCUT2D eigenvalue weighted by Crippen LogP contribution is 2.23. The Labute approximate surface area is 116 Å². The molecule has 2 rings (SSSR count). The molecule has 0 unspecified atom stereocenters. The molecule has 102 valence electrons. The van der Waals surface area contributed by atoms with Crippen LogP contribution in [0.5, 0.6) is 0 Å². The van der Waals surface area contributed by atoms with Gasteiger partial charge in [-0.3, -0.25) is 0 Å². The molecule has 0 radical (unpaired) electrons. The highest BCUT2D eigenvalue weighted by Gasteiger charge is 2.23. The van der Waals surface area contributed by atoms with E-state index in [4.69, 9.17) is 0 Å². The minimum absolute atomic E-state index is 1.09. The van der Waals surface area contributed by atoms with Crippen molar-refractivity contribution >= 4 is 11.8 Å². The van der Waals surface area contributed by atoms with Crippen molar-refractivity contribution in [2.45, 2.75) is 54.4 Å². The minimum Gasteiger partial charge on any atom is -0.358 e. The summed E-state index contributed by atoms with van der Waals surface area (Å²) in [5.74, 6) is 0. The van der Waals surface area contributed by atoms with E-state index in [0.29, 0.717) is 0 Å². The fourth-order valence-electron chi connectivity index (χ4n) is 3.12. The van der Waals surface area contributed by atoms with E-state index < -0.39 is 0 Å². The second-order valence-electron chi connectivity index (χ2n) is 5.39. The monoisotopic (exact) mass is 257 g/mol. The number of hydrogen-bond acceptors (Lipinski definition) is 0. The molecule has 2 heterocycles. The molecule has 2 N–H and O–H groups in total. The van der Waals surface area contributed by atoms with Crippen LogP contribution in [0.2, 0.25) is 0 Å². The minimum atomic E-state index is 1.09. The topological polar surface area (TPSA) is 29.8 Å². The Morgan fingerprint density at radius 3 is 2.21 bits per heavy atom. The van der Waals surface area contributed by atoms with Gasteiger partial charge in [-0.25, -0.2) is 4.99 Å². The van der Waals surface area contributed by atoms with Crippen LogP contribution in [0.1, 0.15) is 56.6 Å². The lowest BCUT2D eigenvalue weighted by Gasteiger charge is -1.96. The number of aromatic amines is 1. The zero-order valence-corrected chi connectivity index (χ0v) is 13.0. The normalized spacial score (nSPS) is 17.6. The van der Waals surface area contributed by atoms with E-state index in [0.717, 1.165) is 12.8 Å². The van der Waals surface area contributed by atoms with Crippen LogP contribution in [0.3, 0.4) is 0 Å². The largest absolute Gasteiger partial charge is 0.358 e. The van der Waals surface area contributed by atoms with Crippen molar-refractivity contribution in [3.05, 3.63) is 39.4 Å². The zero-order valence-electron chi connectivity index (χ0n) is 13.0. The summed E-state index contributed by atoms with van der Waals surface area (Å²) in [5.41, 5.74) is 10.7. The summed E-state index contributed by atoms with van der Waals surface area (Å²) in [6.07, 6.45) is 4.43. The molecule has 1 aromatic heterocycles. The second kappa shape index (κ2) is 5.20. The van der Waals surface area contributed by atoms with E-state index >= 15 is 0 Å². The Morgan fingerprint density at radius 1 is 1.05 bits per heavy atom. The van der Waals surface area contributed by atoms with Gasteiger partial charge in [0.05, 0.1) is 0 Å². The van der Waals surface area contributed by atoms with Crippen LogP contribution >= 0.6 is 0 Å². The van der Waals surface area contributed by atoms with Gasteiger partial charge in [0.25, 0.3) is 0 Å². The first-order valence-corrected chi connectivity index (χ1v) is 7.20. The molecule has 0 bridgehead atoms. The van der Waals surface area contributed by atoms with Crippen LogP contribution in [-0.2, 0) is 6.42 Å². The third-order valence-corrected chi connectivity index (χ3v) is 4.26. The van der Waals surface area contributed by atoms with E-state index in [2.05, 4.69) is 57.6 Å². The van der Waals surface area contributed by atoms with Crippen molar-refractivity contribution in [1.29, 1.82) is 0 Å². The molecule has 0 fully saturated rings. The molecule has 0 amide bonds. The third-order valence-electron chi connectivity index (χ3n) is 4.26. The number of allylic oxidation sites excluding steroid dienone is 2. The molecular formula is C17H25N2+. The quantitative estimate of drug-likeness (QED) is 0.834. The maximum atomic E-state index is 3.51. The highest BCUT2D eigenvalue weighted by molar-refractivity contribution is 5.97. The number of rotatable bonds is 3. The van der Waals surface area contributed by atoms with Crippen molar-refractivity contribution in [3.63, 3.8) is 0 Å². The van der Waals surface area contributed by atoms with Crippen LogP contribution in [0.15, 0.2) is 16.8 Å². The predicted molar refractivity (Wildman–Crippen MR) is 82.3 cm³/mol. The zero-order chi connectivity index (χ0) is 14.2. The maximum absolute atomic E-state index is 3.51. The van der Waals surface area contributed by atoms with Gasteiger partial charge in [0, 0.05) is 35.5 Å². The van der Waals surface area contributed by atoms with Gasteiger partial charge in [0.2, 0.25) is 5.70 Å². The number of aryl methyl sites for hydroxylation is 1. The Hall–Kier alpha value is -1.57. The van der Waals surface area contributed by atoms with Gasteiger partial charge >= 0.3 is 0 Å². The summed E-state index contributed by atoms with van der Waals surface area (Å²) in [4.78, 5) is 7.02. The molecule has 0 saturated carbocycles. The van der Waals surface area contributed by atoms with Gasteiger partial charge in [0.1, 0.15) is 0 Å². The smallest absolute Gasteiger partial charge is 0.209 e. The molecule has 0 saturated heterocycles. The summed E-state index contributed by atoms with van der Waals surface area (Å²) in [6.45, 7) is 13.2. The van der Waals surface area contributed by atoms with Crippen LogP contribution < -0.4 is 4.99 Å². The molecule has 19 heavy (non-hydrogen) atoms. The maximum Gasteiger partial charge on any atom is 0.209 e. The first kappa shape index (κ1) is 13.9. The van der Waals surface area contributed by atoms with Gasteiger partial charge in [-0.05, 0) is 44.7 Å². The molecule has 0 atom stereocenters. The van der Waals surface area contributed by atoms with Crippen LogP contribution in [0, 0.1) is 13.8 Å². The Balaban J connectivity index is 2.47. The average Bonchev–Trinajstić information content (AvgIpc) is 2.78. The lowest BCUT2D eigenvalue weighted by Crippen LogP contribution is -2.67. The molecule has 1 aliphatic heterocycles. The first-order chi connectivity index (χ1) is 8.99. The van der Waals surface area contributed by atoms with Gasteiger partial charge in [0.15, 0.2) is 5.71 Å². The van der Waals surface area contributed by atoms with Gasteiger partial charge < -0.3 is 4.98 Å². The standard InChI is InChI=1S/C17H24N2/c1-7-14-10(3)16(18-12(14)5)9-17-11(4)15(8-2)13(6)19-17/h9,18H,7-8H2,1-6H3/p+1. The highest BCUT2D eigenvalue weighted by atomic mass is 14.8. The van der Waals surface area contributed by atoms with Crippen LogP contribution in [0.25, 0.3) is 6.08 Å². The SMILES string of the molecule is CCC1=C(C)C(=Cc2[nH]c(C)c(CC)c2C)[NH+]=C1C. The number of hydrogen-bond donors (Lipinski definition) is 2. The number of nitrogens with one attached hydrogen (secondary N) is 2. The van der Waals surface area contributed by atoms with Gasteiger partial charge in [-0.15, -0.1) is 0 Å². The molecule has 0 spiro atoms. The van der Waals surface area contributed by atoms with Crippen molar-refractivity contribution in [2.24, 2.45) is 0 Å². The van der Waals surface area contributed by atoms with E-state index in [-0.39, 0.29) is 0 Å². The molecule has 1 aliphatic rings. The molecule has 1 aromatic rings. The van der Waals surface area contributed by atoms with E-state index in [9.17, 15) is 0 Å². The molecule has 0 aromatic carbocycles. The summed E-state index contributed by atoms with van der Waals surface area (Å²) >= 11 is 0. The molecular weight excluding hydrogens is 232 g/mol. The lowest BCUT2D eigenvalue weighted by molar-refractivity contribution is -0.386. The van der Waals surface area contributed by atoms with Crippen molar-refractivity contribution in [2.75, 3.05) is 0 Å². The fraction of sp³-hybridized carbons (Fsp3) is 0.471. The Morgan fingerprint density at radius 2 is 1.74 bits per heavy atom. The third kappa shape index (κ3) is 2.32. The fourth-order valence-corrected chi connectivity index (χ4v) is 3.12. The van der Waals surface area contributed by atoms with Crippen LogP contribution in [-0.4, -0.2) is 10.7 Å². The first-order valence-electron chi connectivity index (χ1n) is 7.20. The van der Waals surface area contributed by atoms with Gasteiger partial charge in [-0.1, -0.05) is 13.8 Å². The predicted octanol–water partition coefficient (Wildman–Crippen LogP) is 2.82. The molecule has 0 aliphatic carbocycles. The van der Waals surface area contributed by atoms with Crippen LogP contribution in [0.4, 0.5) is 0 Å². The average molecular weight is 257 g/mol. The summed E-state index contributed by atoms with van der Waals surface area (Å²) in [6, 6.07) is 0.